The standard InChI is InChI=1S/C19H18FN3O2/c1-24-12-7-8-13(17(11-12)25-2)18-14-9-10-21-19(14)23(22-18)16-6-4-3-5-15(16)20/h3-8,11,21H,9-10H2,1-2H3. The van der Waals surface area contributed by atoms with Crippen molar-refractivity contribution in [2.24, 2.45) is 0 Å². The Labute approximate surface area is 145 Å². The molecule has 5 nitrogen and oxygen atoms in total. The van der Waals surface area contributed by atoms with E-state index in [1.807, 2.05) is 18.2 Å². The van der Waals surface area contributed by atoms with Gasteiger partial charge in [-0.25, -0.2) is 9.07 Å². The van der Waals surface area contributed by atoms with E-state index in [0.717, 1.165) is 35.6 Å². The third-order valence-electron chi connectivity index (χ3n) is 4.40. The van der Waals surface area contributed by atoms with Gasteiger partial charge in [0.25, 0.3) is 0 Å². The van der Waals surface area contributed by atoms with E-state index in [1.165, 1.54) is 6.07 Å². The molecule has 25 heavy (non-hydrogen) atoms. The van der Waals surface area contributed by atoms with E-state index in [1.54, 1.807) is 37.1 Å². The summed E-state index contributed by atoms with van der Waals surface area (Å²) in [6, 6.07) is 12.2. The lowest BCUT2D eigenvalue weighted by molar-refractivity contribution is 0.395. The lowest BCUT2D eigenvalue weighted by atomic mass is 10.1. The summed E-state index contributed by atoms with van der Waals surface area (Å²) >= 11 is 0. The van der Waals surface area contributed by atoms with Crippen molar-refractivity contribution in [1.82, 2.24) is 9.78 Å². The van der Waals surface area contributed by atoms with Crippen LogP contribution in [0.2, 0.25) is 0 Å². The van der Waals surface area contributed by atoms with Crippen LogP contribution in [0.4, 0.5) is 10.2 Å². The summed E-state index contributed by atoms with van der Waals surface area (Å²) in [5.74, 6) is 1.91. The van der Waals surface area contributed by atoms with Gasteiger partial charge in [0, 0.05) is 23.7 Å². The van der Waals surface area contributed by atoms with E-state index < -0.39 is 0 Å². The average molecular weight is 339 g/mol. The smallest absolute Gasteiger partial charge is 0.148 e. The van der Waals surface area contributed by atoms with Crippen LogP contribution >= 0.6 is 0 Å². The predicted molar refractivity (Wildman–Crippen MR) is 94.3 cm³/mol. The van der Waals surface area contributed by atoms with Gasteiger partial charge in [-0.1, -0.05) is 12.1 Å². The quantitative estimate of drug-likeness (QED) is 0.788. The molecule has 0 fully saturated rings. The molecule has 0 bridgehead atoms. The van der Waals surface area contributed by atoms with Gasteiger partial charge in [-0.05, 0) is 30.7 Å². The molecule has 0 unspecified atom stereocenters. The van der Waals surface area contributed by atoms with Crippen LogP contribution in [0.15, 0.2) is 42.5 Å². The van der Waals surface area contributed by atoms with Crippen molar-refractivity contribution in [1.29, 1.82) is 0 Å². The average Bonchev–Trinajstić information content (AvgIpc) is 3.24. The van der Waals surface area contributed by atoms with Gasteiger partial charge < -0.3 is 14.8 Å². The van der Waals surface area contributed by atoms with Crippen molar-refractivity contribution in [3.63, 3.8) is 0 Å². The number of methoxy groups -OCH3 is 2. The summed E-state index contributed by atoms with van der Waals surface area (Å²) in [5.41, 5.74) is 3.14. The van der Waals surface area contributed by atoms with Gasteiger partial charge in [-0.3, -0.25) is 0 Å². The van der Waals surface area contributed by atoms with E-state index in [-0.39, 0.29) is 5.82 Å². The Balaban J connectivity index is 1.91. The highest BCUT2D eigenvalue weighted by molar-refractivity contribution is 5.77. The minimum atomic E-state index is -0.310. The fourth-order valence-corrected chi connectivity index (χ4v) is 3.18. The van der Waals surface area contributed by atoms with Crippen molar-refractivity contribution in [2.45, 2.75) is 6.42 Å². The van der Waals surface area contributed by atoms with Gasteiger partial charge in [0.15, 0.2) is 0 Å². The Bertz CT molecular complexity index is 936. The molecule has 0 radical (unpaired) electrons. The van der Waals surface area contributed by atoms with Gasteiger partial charge in [0.05, 0.1) is 14.2 Å². The molecule has 0 saturated carbocycles. The predicted octanol–water partition coefficient (Wildman–Crippen LogP) is 3.66. The van der Waals surface area contributed by atoms with E-state index in [0.29, 0.717) is 17.2 Å². The number of anilines is 1. The number of nitrogens with one attached hydrogen (secondary N) is 1. The Morgan fingerprint density at radius 3 is 2.72 bits per heavy atom. The lowest BCUT2D eigenvalue weighted by Crippen LogP contribution is -2.06. The number of benzene rings is 2. The Hall–Kier alpha value is -3.02. The van der Waals surface area contributed by atoms with Crippen molar-refractivity contribution in [2.75, 3.05) is 26.1 Å². The second-order valence-electron chi connectivity index (χ2n) is 5.78. The number of fused-ring (bicyclic) bond motifs is 1. The number of halogens is 1. The second-order valence-corrected chi connectivity index (χ2v) is 5.78. The second kappa shape index (κ2) is 6.12. The molecule has 6 heteroatoms. The summed E-state index contributed by atoms with van der Waals surface area (Å²) in [5, 5.41) is 8.00. The molecular formula is C19H18FN3O2. The van der Waals surface area contributed by atoms with Gasteiger partial charge >= 0.3 is 0 Å². The van der Waals surface area contributed by atoms with Crippen LogP contribution in [0.25, 0.3) is 16.9 Å². The summed E-state index contributed by atoms with van der Waals surface area (Å²) in [7, 11) is 3.23. The topological polar surface area (TPSA) is 48.3 Å². The zero-order valence-electron chi connectivity index (χ0n) is 14.0. The van der Waals surface area contributed by atoms with E-state index in [9.17, 15) is 4.39 Å². The Morgan fingerprint density at radius 1 is 1.12 bits per heavy atom. The molecule has 0 atom stereocenters. The zero-order valence-corrected chi connectivity index (χ0v) is 14.0. The molecular weight excluding hydrogens is 321 g/mol. The third kappa shape index (κ3) is 2.50. The normalized spacial score (nSPS) is 12.6. The van der Waals surface area contributed by atoms with Crippen molar-refractivity contribution in [3.8, 4) is 28.4 Å². The minimum Gasteiger partial charge on any atom is -0.497 e. The van der Waals surface area contributed by atoms with Gasteiger partial charge in [-0.2, -0.15) is 5.10 Å². The van der Waals surface area contributed by atoms with Crippen LogP contribution in [-0.4, -0.2) is 30.5 Å². The van der Waals surface area contributed by atoms with Crippen molar-refractivity contribution in [3.05, 3.63) is 53.8 Å². The van der Waals surface area contributed by atoms with Crippen LogP contribution in [0, 0.1) is 5.82 Å². The first-order valence-corrected chi connectivity index (χ1v) is 8.06. The van der Waals surface area contributed by atoms with Crippen LogP contribution < -0.4 is 14.8 Å². The number of rotatable bonds is 4. The van der Waals surface area contributed by atoms with Crippen LogP contribution in [0.5, 0.6) is 11.5 Å². The lowest BCUT2D eigenvalue weighted by Gasteiger charge is -2.10. The molecule has 1 aromatic heterocycles. The fourth-order valence-electron chi connectivity index (χ4n) is 3.18. The maximum absolute atomic E-state index is 14.3. The highest BCUT2D eigenvalue weighted by Crippen LogP contribution is 2.40. The molecule has 3 aromatic rings. The molecule has 0 spiro atoms. The first-order chi connectivity index (χ1) is 12.2. The molecule has 1 N–H and O–H groups in total. The van der Waals surface area contributed by atoms with Crippen LogP contribution in [0.1, 0.15) is 5.56 Å². The Morgan fingerprint density at radius 2 is 1.96 bits per heavy atom. The van der Waals surface area contributed by atoms with Gasteiger partial charge in [0.1, 0.15) is 34.5 Å². The number of para-hydroxylation sites is 1. The number of nitrogens with zero attached hydrogens (tertiary/aromatic N) is 2. The SMILES string of the molecule is COc1ccc(-c2nn(-c3ccccc3F)c3c2CCN3)c(OC)c1. The van der Waals surface area contributed by atoms with Crippen LogP contribution in [0.3, 0.4) is 0 Å². The van der Waals surface area contributed by atoms with E-state index in [2.05, 4.69) is 5.32 Å². The summed E-state index contributed by atoms with van der Waals surface area (Å²) < 4.78 is 26.7. The maximum Gasteiger partial charge on any atom is 0.148 e. The summed E-state index contributed by atoms with van der Waals surface area (Å²) in [6.07, 6.45) is 0.828. The minimum absolute atomic E-state index is 0.310. The molecule has 0 saturated heterocycles. The molecule has 4 rings (SSSR count). The summed E-state index contributed by atoms with van der Waals surface area (Å²) in [4.78, 5) is 0. The number of ether oxygens (including phenoxy) is 2. The number of hydrogen-bond acceptors (Lipinski definition) is 4. The van der Waals surface area contributed by atoms with E-state index >= 15 is 0 Å². The number of aromatic nitrogens is 2. The van der Waals surface area contributed by atoms with Crippen molar-refractivity contribution >= 4 is 5.82 Å². The Kier molecular flexibility index (Phi) is 3.80. The number of hydrogen-bond donors (Lipinski definition) is 1. The highest BCUT2D eigenvalue weighted by Gasteiger charge is 2.26. The van der Waals surface area contributed by atoms with Gasteiger partial charge in [-0.15, -0.1) is 0 Å². The largest absolute Gasteiger partial charge is 0.497 e. The summed E-state index contributed by atoms with van der Waals surface area (Å²) in [6.45, 7) is 0.799. The van der Waals surface area contributed by atoms with E-state index in [4.69, 9.17) is 14.6 Å². The first-order valence-electron chi connectivity index (χ1n) is 8.06. The van der Waals surface area contributed by atoms with Crippen molar-refractivity contribution < 1.29 is 13.9 Å². The molecule has 1 aliphatic rings. The highest BCUT2D eigenvalue weighted by atomic mass is 19.1. The molecule has 1 aliphatic heterocycles. The molecule has 0 aliphatic carbocycles. The molecule has 128 valence electrons. The molecule has 2 aromatic carbocycles. The van der Waals surface area contributed by atoms with Crippen LogP contribution in [-0.2, 0) is 6.42 Å². The molecule has 0 amide bonds. The third-order valence-corrected chi connectivity index (χ3v) is 4.40. The van der Waals surface area contributed by atoms with Gasteiger partial charge in [0.2, 0.25) is 0 Å². The zero-order chi connectivity index (χ0) is 17.4. The molecule has 2 heterocycles. The first kappa shape index (κ1) is 15.5. The monoisotopic (exact) mass is 339 g/mol. The maximum atomic E-state index is 14.3. The fraction of sp³-hybridized carbons (Fsp3) is 0.211.